The van der Waals surface area contributed by atoms with Crippen LogP contribution in [0.5, 0.6) is 5.75 Å². The van der Waals surface area contributed by atoms with Crippen molar-refractivity contribution in [3.63, 3.8) is 0 Å². The SMILES string of the molecule is Cc1cc(O)c(C(C)C)cc1C(=O)CN1CCNCC1. The third-order valence-corrected chi connectivity index (χ3v) is 3.87. The van der Waals surface area contributed by atoms with E-state index in [0.29, 0.717) is 6.54 Å². The molecule has 1 aliphatic rings. The zero-order valence-electron chi connectivity index (χ0n) is 12.6. The summed E-state index contributed by atoms with van der Waals surface area (Å²) in [5, 5.41) is 13.2. The maximum absolute atomic E-state index is 12.5. The van der Waals surface area contributed by atoms with E-state index in [1.807, 2.05) is 26.8 Å². The Morgan fingerprint density at radius 1 is 1.35 bits per heavy atom. The normalized spacial score (nSPS) is 16.6. The van der Waals surface area contributed by atoms with Gasteiger partial charge in [0.2, 0.25) is 0 Å². The van der Waals surface area contributed by atoms with Crippen LogP contribution in [0.2, 0.25) is 0 Å². The summed E-state index contributed by atoms with van der Waals surface area (Å²) in [6.45, 7) is 10.1. The van der Waals surface area contributed by atoms with E-state index in [2.05, 4.69) is 10.2 Å². The summed E-state index contributed by atoms with van der Waals surface area (Å²) in [7, 11) is 0. The van der Waals surface area contributed by atoms with Crippen LogP contribution in [0, 0.1) is 6.92 Å². The van der Waals surface area contributed by atoms with Gasteiger partial charge in [0.1, 0.15) is 5.75 Å². The Bertz CT molecular complexity index is 491. The molecule has 0 bridgehead atoms. The molecule has 4 nitrogen and oxygen atoms in total. The van der Waals surface area contributed by atoms with Crippen molar-refractivity contribution in [1.29, 1.82) is 0 Å². The molecule has 0 spiro atoms. The zero-order chi connectivity index (χ0) is 14.7. The van der Waals surface area contributed by atoms with Crippen LogP contribution in [0.4, 0.5) is 0 Å². The molecule has 20 heavy (non-hydrogen) atoms. The predicted molar refractivity (Wildman–Crippen MR) is 80.6 cm³/mol. The third-order valence-electron chi connectivity index (χ3n) is 3.87. The van der Waals surface area contributed by atoms with Crippen molar-refractivity contribution in [2.75, 3.05) is 32.7 Å². The fourth-order valence-corrected chi connectivity index (χ4v) is 2.63. The smallest absolute Gasteiger partial charge is 0.177 e. The lowest BCUT2D eigenvalue weighted by Gasteiger charge is -2.26. The number of hydrogen-bond acceptors (Lipinski definition) is 4. The predicted octanol–water partition coefficient (Wildman–Crippen LogP) is 1.91. The molecule has 1 aromatic carbocycles. The minimum absolute atomic E-state index is 0.145. The van der Waals surface area contributed by atoms with Crippen LogP contribution in [-0.2, 0) is 0 Å². The van der Waals surface area contributed by atoms with E-state index in [1.54, 1.807) is 6.07 Å². The van der Waals surface area contributed by atoms with Crippen molar-refractivity contribution >= 4 is 5.78 Å². The Labute approximate surface area is 120 Å². The van der Waals surface area contributed by atoms with Crippen molar-refractivity contribution in [3.05, 3.63) is 28.8 Å². The third kappa shape index (κ3) is 3.38. The molecule has 2 rings (SSSR count). The second kappa shape index (κ2) is 6.37. The van der Waals surface area contributed by atoms with Gasteiger partial charge < -0.3 is 10.4 Å². The zero-order valence-corrected chi connectivity index (χ0v) is 12.6. The Morgan fingerprint density at radius 3 is 2.60 bits per heavy atom. The molecular weight excluding hydrogens is 252 g/mol. The molecule has 1 fully saturated rings. The van der Waals surface area contributed by atoms with Gasteiger partial charge in [-0.05, 0) is 36.1 Å². The first-order valence-corrected chi connectivity index (χ1v) is 7.29. The minimum Gasteiger partial charge on any atom is -0.508 e. The van der Waals surface area contributed by atoms with Crippen LogP contribution >= 0.6 is 0 Å². The fourth-order valence-electron chi connectivity index (χ4n) is 2.63. The lowest BCUT2D eigenvalue weighted by molar-refractivity contribution is 0.0921. The van der Waals surface area contributed by atoms with Crippen LogP contribution in [-0.4, -0.2) is 48.5 Å². The lowest BCUT2D eigenvalue weighted by Crippen LogP contribution is -2.45. The summed E-state index contributed by atoms with van der Waals surface area (Å²) < 4.78 is 0. The Hall–Kier alpha value is -1.39. The number of Topliss-reactive ketones (excluding diaryl/α,β-unsaturated/α-hetero) is 1. The highest BCUT2D eigenvalue weighted by Gasteiger charge is 2.18. The summed E-state index contributed by atoms with van der Waals surface area (Å²) in [4.78, 5) is 14.7. The summed E-state index contributed by atoms with van der Waals surface area (Å²) in [6.07, 6.45) is 0. The molecule has 0 saturated carbocycles. The number of phenolic OH excluding ortho intramolecular Hbond substituents is 1. The first kappa shape index (κ1) is 15.0. The maximum Gasteiger partial charge on any atom is 0.177 e. The highest BCUT2D eigenvalue weighted by molar-refractivity contribution is 5.99. The second-order valence-corrected chi connectivity index (χ2v) is 5.83. The van der Waals surface area contributed by atoms with E-state index in [1.165, 1.54) is 0 Å². The molecule has 4 heteroatoms. The van der Waals surface area contributed by atoms with Gasteiger partial charge in [0.05, 0.1) is 6.54 Å². The fraction of sp³-hybridized carbons (Fsp3) is 0.562. The molecule has 0 amide bonds. The van der Waals surface area contributed by atoms with Crippen molar-refractivity contribution in [2.45, 2.75) is 26.7 Å². The lowest BCUT2D eigenvalue weighted by atomic mass is 9.94. The first-order valence-electron chi connectivity index (χ1n) is 7.29. The molecule has 1 heterocycles. The van der Waals surface area contributed by atoms with Crippen molar-refractivity contribution in [2.24, 2.45) is 0 Å². The molecular formula is C16H24N2O2. The number of phenols is 1. The van der Waals surface area contributed by atoms with E-state index in [-0.39, 0.29) is 17.5 Å². The topological polar surface area (TPSA) is 52.6 Å². The van der Waals surface area contributed by atoms with Gasteiger partial charge in [-0.25, -0.2) is 0 Å². The Morgan fingerprint density at radius 2 is 2.00 bits per heavy atom. The number of hydrogen-bond donors (Lipinski definition) is 2. The van der Waals surface area contributed by atoms with E-state index in [9.17, 15) is 9.90 Å². The van der Waals surface area contributed by atoms with Crippen LogP contribution in [0.25, 0.3) is 0 Å². The number of carbonyl (C=O) groups excluding carboxylic acids is 1. The Balaban J connectivity index is 2.18. The van der Waals surface area contributed by atoms with Gasteiger partial charge in [-0.3, -0.25) is 9.69 Å². The number of aryl methyl sites for hydroxylation is 1. The first-order chi connectivity index (χ1) is 9.49. The van der Waals surface area contributed by atoms with E-state index in [4.69, 9.17) is 0 Å². The Kier molecular flexibility index (Phi) is 4.78. The summed E-state index contributed by atoms with van der Waals surface area (Å²) in [5.41, 5.74) is 2.44. The monoisotopic (exact) mass is 276 g/mol. The highest BCUT2D eigenvalue weighted by Crippen LogP contribution is 2.28. The number of carbonyl (C=O) groups is 1. The van der Waals surface area contributed by atoms with Crippen LogP contribution in [0.1, 0.15) is 41.3 Å². The summed E-state index contributed by atoms with van der Waals surface area (Å²) in [5.74, 6) is 0.642. The van der Waals surface area contributed by atoms with Gasteiger partial charge in [0.15, 0.2) is 5.78 Å². The molecule has 0 aromatic heterocycles. The van der Waals surface area contributed by atoms with Gasteiger partial charge >= 0.3 is 0 Å². The van der Waals surface area contributed by atoms with Crippen molar-refractivity contribution in [1.82, 2.24) is 10.2 Å². The van der Waals surface area contributed by atoms with Gasteiger partial charge in [-0.15, -0.1) is 0 Å². The molecule has 110 valence electrons. The number of aromatic hydroxyl groups is 1. The highest BCUT2D eigenvalue weighted by atomic mass is 16.3. The average molecular weight is 276 g/mol. The van der Waals surface area contributed by atoms with Gasteiger partial charge in [-0.1, -0.05) is 13.8 Å². The molecule has 2 N–H and O–H groups in total. The van der Waals surface area contributed by atoms with Gasteiger partial charge in [0.25, 0.3) is 0 Å². The number of rotatable bonds is 4. The molecule has 0 aliphatic carbocycles. The number of nitrogens with zero attached hydrogens (tertiary/aromatic N) is 1. The maximum atomic E-state index is 12.5. The van der Waals surface area contributed by atoms with Crippen molar-refractivity contribution in [3.8, 4) is 5.75 Å². The van der Waals surface area contributed by atoms with Crippen molar-refractivity contribution < 1.29 is 9.90 Å². The van der Waals surface area contributed by atoms with Gasteiger partial charge in [-0.2, -0.15) is 0 Å². The summed E-state index contributed by atoms with van der Waals surface area (Å²) >= 11 is 0. The second-order valence-electron chi connectivity index (χ2n) is 5.83. The molecule has 1 aromatic rings. The quantitative estimate of drug-likeness (QED) is 0.825. The van der Waals surface area contributed by atoms with Gasteiger partial charge in [0, 0.05) is 31.7 Å². The minimum atomic E-state index is 0.145. The standard InChI is InChI=1S/C16H24N2O2/c1-11(2)13-9-14(12(3)8-15(13)19)16(20)10-18-6-4-17-5-7-18/h8-9,11,17,19H,4-7,10H2,1-3H3. The van der Waals surface area contributed by atoms with Crippen LogP contribution < -0.4 is 5.32 Å². The molecule has 0 unspecified atom stereocenters. The van der Waals surface area contributed by atoms with E-state index >= 15 is 0 Å². The molecule has 1 saturated heterocycles. The number of benzene rings is 1. The number of piperazine rings is 1. The average Bonchev–Trinajstić information content (AvgIpc) is 2.39. The van der Waals surface area contributed by atoms with E-state index in [0.717, 1.165) is 42.9 Å². The van der Waals surface area contributed by atoms with E-state index < -0.39 is 0 Å². The molecule has 0 atom stereocenters. The molecule has 0 radical (unpaired) electrons. The largest absolute Gasteiger partial charge is 0.508 e. The molecule has 1 aliphatic heterocycles. The summed E-state index contributed by atoms with van der Waals surface area (Å²) in [6, 6.07) is 3.57. The van der Waals surface area contributed by atoms with Crippen LogP contribution in [0.15, 0.2) is 12.1 Å². The number of nitrogens with one attached hydrogen (secondary N) is 1. The van der Waals surface area contributed by atoms with Crippen LogP contribution in [0.3, 0.4) is 0 Å². The number of ketones is 1.